The van der Waals surface area contributed by atoms with Gasteiger partial charge in [0.1, 0.15) is 0 Å². The molecule has 0 saturated carbocycles. The Hall–Kier alpha value is -2.04. The van der Waals surface area contributed by atoms with Crippen molar-refractivity contribution in [1.29, 1.82) is 0 Å². The second-order valence-electron chi connectivity index (χ2n) is 5.86. The molecule has 1 aliphatic heterocycles. The quantitative estimate of drug-likeness (QED) is 0.895. The van der Waals surface area contributed by atoms with Gasteiger partial charge in [-0.1, -0.05) is 19.1 Å². The van der Waals surface area contributed by atoms with Gasteiger partial charge in [0.15, 0.2) is 0 Å². The molecular weight excluding hydrogens is 268 g/mol. The largest absolute Gasteiger partial charge is 0.481 e. The van der Waals surface area contributed by atoms with E-state index in [4.69, 9.17) is 5.11 Å². The molecule has 2 unspecified atom stereocenters. The first kappa shape index (κ1) is 15.4. The number of rotatable bonds is 4. The highest BCUT2D eigenvalue weighted by Crippen LogP contribution is 2.23. The second-order valence-corrected chi connectivity index (χ2v) is 5.86. The van der Waals surface area contributed by atoms with Crippen LogP contribution < -0.4 is 5.32 Å². The van der Waals surface area contributed by atoms with Crippen LogP contribution in [0.5, 0.6) is 0 Å². The van der Waals surface area contributed by atoms with E-state index in [1.165, 1.54) is 0 Å². The van der Waals surface area contributed by atoms with Crippen molar-refractivity contribution in [3.8, 4) is 0 Å². The van der Waals surface area contributed by atoms with Crippen molar-refractivity contribution in [3.63, 3.8) is 0 Å². The van der Waals surface area contributed by atoms with Gasteiger partial charge >= 0.3 is 12.0 Å². The monoisotopic (exact) mass is 290 g/mol. The van der Waals surface area contributed by atoms with E-state index in [1.54, 1.807) is 0 Å². The SMILES string of the molecule is CC1CC(C)N(C(=O)Nc2ccc(CCC(=O)O)cc2)C1. The minimum Gasteiger partial charge on any atom is -0.481 e. The number of benzene rings is 1. The fraction of sp³-hybridized carbons (Fsp3) is 0.500. The number of urea groups is 1. The smallest absolute Gasteiger partial charge is 0.322 e. The molecule has 5 heteroatoms. The average Bonchev–Trinajstić information content (AvgIpc) is 2.77. The Balaban J connectivity index is 1.91. The Morgan fingerprint density at radius 1 is 1.29 bits per heavy atom. The molecular formula is C16H22N2O3. The Morgan fingerprint density at radius 3 is 2.48 bits per heavy atom. The van der Waals surface area contributed by atoms with Crippen molar-refractivity contribution in [2.45, 2.75) is 39.2 Å². The maximum Gasteiger partial charge on any atom is 0.322 e. The number of nitrogens with zero attached hydrogens (tertiary/aromatic N) is 1. The number of nitrogens with one attached hydrogen (secondary N) is 1. The molecule has 0 bridgehead atoms. The van der Waals surface area contributed by atoms with E-state index in [2.05, 4.69) is 19.2 Å². The molecule has 2 rings (SSSR count). The van der Waals surface area contributed by atoms with E-state index in [-0.39, 0.29) is 18.5 Å². The first-order valence-corrected chi connectivity index (χ1v) is 7.34. The van der Waals surface area contributed by atoms with Crippen LogP contribution in [0.15, 0.2) is 24.3 Å². The van der Waals surface area contributed by atoms with Gasteiger partial charge < -0.3 is 15.3 Å². The van der Waals surface area contributed by atoms with Gasteiger partial charge in [-0.25, -0.2) is 4.79 Å². The fourth-order valence-corrected chi connectivity index (χ4v) is 2.78. The number of carboxylic acid groups (broad SMARTS) is 1. The van der Waals surface area contributed by atoms with Crippen LogP contribution in [-0.2, 0) is 11.2 Å². The summed E-state index contributed by atoms with van der Waals surface area (Å²) in [6, 6.07) is 7.56. The third kappa shape index (κ3) is 4.21. The van der Waals surface area contributed by atoms with Crippen LogP contribution in [0, 0.1) is 5.92 Å². The van der Waals surface area contributed by atoms with Gasteiger partial charge in [0.2, 0.25) is 0 Å². The molecule has 1 heterocycles. The first-order chi connectivity index (χ1) is 9.95. The molecule has 5 nitrogen and oxygen atoms in total. The number of anilines is 1. The molecule has 2 atom stereocenters. The number of aliphatic carboxylic acids is 1. The standard InChI is InChI=1S/C16H22N2O3/c1-11-9-12(2)18(10-11)16(21)17-14-6-3-13(4-7-14)5-8-15(19)20/h3-4,6-7,11-12H,5,8-10H2,1-2H3,(H,17,21)(H,19,20). The lowest BCUT2D eigenvalue weighted by Gasteiger charge is -2.22. The Labute approximate surface area is 125 Å². The summed E-state index contributed by atoms with van der Waals surface area (Å²) >= 11 is 0. The molecule has 0 aromatic heterocycles. The highest BCUT2D eigenvalue weighted by atomic mass is 16.4. The summed E-state index contributed by atoms with van der Waals surface area (Å²) in [5.41, 5.74) is 1.70. The number of amides is 2. The Morgan fingerprint density at radius 2 is 1.95 bits per heavy atom. The molecule has 0 radical (unpaired) electrons. The molecule has 2 N–H and O–H groups in total. The van der Waals surface area contributed by atoms with Crippen molar-refractivity contribution >= 4 is 17.7 Å². The highest BCUT2D eigenvalue weighted by Gasteiger charge is 2.29. The normalized spacial score (nSPS) is 21.3. The number of likely N-dealkylation sites (tertiary alicyclic amines) is 1. The minimum atomic E-state index is -0.801. The van der Waals surface area contributed by atoms with Crippen LogP contribution in [0.25, 0.3) is 0 Å². The third-order valence-electron chi connectivity index (χ3n) is 3.88. The van der Waals surface area contributed by atoms with E-state index in [0.29, 0.717) is 12.3 Å². The number of hydrogen-bond donors (Lipinski definition) is 2. The van der Waals surface area contributed by atoms with Crippen LogP contribution in [0.1, 0.15) is 32.3 Å². The lowest BCUT2D eigenvalue weighted by atomic mass is 10.1. The number of carbonyl (C=O) groups excluding carboxylic acids is 1. The third-order valence-corrected chi connectivity index (χ3v) is 3.88. The summed E-state index contributed by atoms with van der Waals surface area (Å²) < 4.78 is 0. The zero-order valence-corrected chi connectivity index (χ0v) is 12.5. The molecule has 0 aliphatic carbocycles. The minimum absolute atomic E-state index is 0.0647. The van der Waals surface area contributed by atoms with E-state index in [1.807, 2.05) is 29.2 Å². The summed E-state index contributed by atoms with van der Waals surface area (Å²) in [7, 11) is 0. The number of aryl methyl sites for hydroxylation is 1. The van der Waals surface area contributed by atoms with Gasteiger partial charge in [-0.05, 0) is 43.4 Å². The summed E-state index contributed by atoms with van der Waals surface area (Å²) in [6.07, 6.45) is 1.67. The highest BCUT2D eigenvalue weighted by molar-refractivity contribution is 5.89. The predicted molar refractivity (Wildman–Crippen MR) is 81.4 cm³/mol. The molecule has 21 heavy (non-hydrogen) atoms. The summed E-state index contributed by atoms with van der Waals surface area (Å²) in [6.45, 7) is 5.02. The zero-order valence-electron chi connectivity index (χ0n) is 12.5. The van der Waals surface area contributed by atoms with Crippen molar-refractivity contribution in [2.75, 3.05) is 11.9 Å². The Kier molecular flexibility index (Phi) is 4.83. The first-order valence-electron chi connectivity index (χ1n) is 7.34. The van der Waals surface area contributed by atoms with Crippen LogP contribution in [0.4, 0.5) is 10.5 Å². The van der Waals surface area contributed by atoms with Crippen molar-refractivity contribution in [2.24, 2.45) is 5.92 Å². The Bertz CT molecular complexity index is 513. The van der Waals surface area contributed by atoms with Gasteiger partial charge in [-0.15, -0.1) is 0 Å². The van der Waals surface area contributed by atoms with E-state index < -0.39 is 5.97 Å². The second kappa shape index (κ2) is 6.61. The average molecular weight is 290 g/mol. The summed E-state index contributed by atoms with van der Waals surface area (Å²) in [4.78, 5) is 24.6. The lowest BCUT2D eigenvalue weighted by Crippen LogP contribution is -2.37. The van der Waals surface area contributed by atoms with Gasteiger partial charge in [0.05, 0.1) is 0 Å². The number of hydrogen-bond acceptors (Lipinski definition) is 2. The molecule has 1 aromatic rings. The maximum atomic E-state index is 12.2. The van der Waals surface area contributed by atoms with E-state index >= 15 is 0 Å². The van der Waals surface area contributed by atoms with E-state index in [9.17, 15) is 9.59 Å². The summed E-state index contributed by atoms with van der Waals surface area (Å²) in [5.74, 6) is -0.256. The molecule has 114 valence electrons. The molecule has 0 spiro atoms. The number of carbonyl (C=O) groups is 2. The van der Waals surface area contributed by atoms with Crippen molar-refractivity contribution in [3.05, 3.63) is 29.8 Å². The lowest BCUT2D eigenvalue weighted by molar-refractivity contribution is -0.136. The van der Waals surface area contributed by atoms with Crippen LogP contribution >= 0.6 is 0 Å². The predicted octanol–water partition coefficient (Wildman–Crippen LogP) is 2.97. The van der Waals surface area contributed by atoms with Gasteiger partial charge in [-0.2, -0.15) is 0 Å². The molecule has 1 saturated heterocycles. The molecule has 1 aliphatic rings. The molecule has 2 amide bonds. The van der Waals surface area contributed by atoms with Gasteiger partial charge in [-0.3, -0.25) is 4.79 Å². The van der Waals surface area contributed by atoms with Crippen molar-refractivity contribution in [1.82, 2.24) is 4.90 Å². The maximum absolute atomic E-state index is 12.2. The van der Waals surface area contributed by atoms with Crippen LogP contribution in [-0.4, -0.2) is 34.6 Å². The topological polar surface area (TPSA) is 69.6 Å². The number of carboxylic acids is 1. The molecule has 1 fully saturated rings. The summed E-state index contributed by atoms with van der Waals surface area (Å²) in [5, 5.41) is 11.6. The van der Waals surface area contributed by atoms with Gasteiger partial charge in [0, 0.05) is 24.7 Å². The zero-order chi connectivity index (χ0) is 15.4. The fourth-order valence-electron chi connectivity index (χ4n) is 2.78. The van der Waals surface area contributed by atoms with Gasteiger partial charge in [0.25, 0.3) is 0 Å². The van der Waals surface area contributed by atoms with Crippen LogP contribution in [0.3, 0.4) is 0 Å². The molecule has 1 aromatic carbocycles. The van der Waals surface area contributed by atoms with Crippen LogP contribution in [0.2, 0.25) is 0 Å². The van der Waals surface area contributed by atoms with Crippen molar-refractivity contribution < 1.29 is 14.7 Å². The van der Waals surface area contributed by atoms with E-state index in [0.717, 1.165) is 24.2 Å².